The van der Waals surface area contributed by atoms with Crippen LogP contribution in [0.25, 0.3) is 0 Å². The van der Waals surface area contributed by atoms with Gasteiger partial charge in [-0.3, -0.25) is 0 Å². The average molecular weight is 336 g/mol. The first-order chi connectivity index (χ1) is 9.69. The molecule has 2 aromatic rings. The molecule has 0 amide bonds. The number of halogens is 1. The van der Waals surface area contributed by atoms with Crippen molar-refractivity contribution in [3.8, 4) is 11.5 Å². The Morgan fingerprint density at radius 3 is 2.10 bits per heavy atom. The van der Waals surface area contributed by atoms with Crippen molar-refractivity contribution >= 4 is 15.9 Å². The molecule has 3 nitrogen and oxygen atoms in total. The van der Waals surface area contributed by atoms with Gasteiger partial charge >= 0.3 is 0 Å². The maximum atomic E-state index is 5.31. The van der Waals surface area contributed by atoms with Crippen LogP contribution in [0.1, 0.15) is 17.2 Å². The average Bonchev–Trinajstić information content (AvgIpc) is 2.50. The fourth-order valence-electron chi connectivity index (χ4n) is 2.17. The number of methoxy groups -OCH3 is 2. The Morgan fingerprint density at radius 1 is 0.950 bits per heavy atom. The first kappa shape index (κ1) is 14.9. The molecule has 0 fully saturated rings. The molecular weight excluding hydrogens is 318 g/mol. The zero-order valence-corrected chi connectivity index (χ0v) is 13.4. The molecule has 1 N–H and O–H groups in total. The molecule has 0 aliphatic rings. The highest BCUT2D eigenvalue weighted by Crippen LogP contribution is 2.32. The van der Waals surface area contributed by atoms with E-state index in [1.54, 1.807) is 14.2 Å². The van der Waals surface area contributed by atoms with E-state index in [1.165, 1.54) is 5.56 Å². The van der Waals surface area contributed by atoms with Crippen LogP contribution in [-0.2, 0) is 0 Å². The summed E-state index contributed by atoms with van der Waals surface area (Å²) in [6.07, 6.45) is 0. The van der Waals surface area contributed by atoms with Gasteiger partial charge in [-0.05, 0) is 48.5 Å². The van der Waals surface area contributed by atoms with E-state index in [-0.39, 0.29) is 6.04 Å². The summed E-state index contributed by atoms with van der Waals surface area (Å²) in [5, 5.41) is 3.34. The Balaban J connectivity index is 2.40. The Bertz CT molecular complexity index is 569. The van der Waals surface area contributed by atoms with Gasteiger partial charge in [0.25, 0.3) is 0 Å². The minimum absolute atomic E-state index is 0.0883. The van der Waals surface area contributed by atoms with Gasteiger partial charge in [0, 0.05) is 4.47 Å². The summed E-state index contributed by atoms with van der Waals surface area (Å²) in [5.74, 6) is 1.70. The lowest BCUT2D eigenvalue weighted by Crippen LogP contribution is -2.18. The molecule has 106 valence electrons. The van der Waals surface area contributed by atoms with Crippen LogP contribution in [0.3, 0.4) is 0 Å². The summed E-state index contributed by atoms with van der Waals surface area (Å²) in [5.41, 5.74) is 2.30. The largest absolute Gasteiger partial charge is 0.497 e. The van der Waals surface area contributed by atoms with E-state index in [0.717, 1.165) is 21.5 Å². The van der Waals surface area contributed by atoms with Gasteiger partial charge in [0.05, 0.1) is 20.3 Å². The van der Waals surface area contributed by atoms with Gasteiger partial charge < -0.3 is 14.8 Å². The highest BCUT2D eigenvalue weighted by atomic mass is 79.9. The van der Waals surface area contributed by atoms with Crippen molar-refractivity contribution in [3.05, 3.63) is 58.1 Å². The number of nitrogens with one attached hydrogen (secondary N) is 1. The van der Waals surface area contributed by atoms with Gasteiger partial charge in [0.15, 0.2) is 0 Å². The van der Waals surface area contributed by atoms with Crippen LogP contribution in [-0.4, -0.2) is 21.3 Å². The molecule has 0 saturated heterocycles. The van der Waals surface area contributed by atoms with Crippen molar-refractivity contribution in [1.29, 1.82) is 0 Å². The second-order valence-corrected chi connectivity index (χ2v) is 5.24. The van der Waals surface area contributed by atoms with E-state index >= 15 is 0 Å². The molecule has 2 rings (SSSR count). The number of hydrogen-bond acceptors (Lipinski definition) is 3. The van der Waals surface area contributed by atoms with Crippen molar-refractivity contribution in [1.82, 2.24) is 5.32 Å². The monoisotopic (exact) mass is 335 g/mol. The molecule has 2 aromatic carbocycles. The smallest absolute Gasteiger partial charge is 0.119 e. The number of ether oxygens (including phenoxy) is 2. The van der Waals surface area contributed by atoms with Gasteiger partial charge in [-0.2, -0.15) is 0 Å². The van der Waals surface area contributed by atoms with Crippen molar-refractivity contribution in [2.24, 2.45) is 0 Å². The Hall–Kier alpha value is -1.52. The highest BCUT2D eigenvalue weighted by Gasteiger charge is 2.16. The lowest BCUT2D eigenvalue weighted by atomic mass is 9.98. The summed E-state index contributed by atoms with van der Waals surface area (Å²) in [7, 11) is 5.29. The van der Waals surface area contributed by atoms with E-state index in [2.05, 4.69) is 33.4 Å². The molecule has 0 saturated carbocycles. The van der Waals surface area contributed by atoms with E-state index in [0.29, 0.717) is 0 Å². The van der Waals surface area contributed by atoms with Crippen molar-refractivity contribution < 1.29 is 9.47 Å². The standard InChI is InChI=1S/C16H18BrNO2/c1-18-16(11-4-6-12(19-2)7-5-11)14-10-13(20-3)8-9-15(14)17/h4-10,16,18H,1-3H3. The van der Waals surface area contributed by atoms with Gasteiger partial charge in [-0.25, -0.2) is 0 Å². The molecule has 0 bridgehead atoms. The van der Waals surface area contributed by atoms with Crippen LogP contribution < -0.4 is 14.8 Å². The topological polar surface area (TPSA) is 30.5 Å². The SMILES string of the molecule is CNC(c1ccc(OC)cc1)c1cc(OC)ccc1Br. The molecule has 4 heteroatoms. The third-order valence-electron chi connectivity index (χ3n) is 3.25. The Labute approximate surface area is 128 Å². The van der Waals surface area contributed by atoms with Gasteiger partial charge in [0.2, 0.25) is 0 Å². The first-order valence-corrected chi connectivity index (χ1v) is 7.13. The third kappa shape index (κ3) is 3.14. The molecule has 0 spiro atoms. The lowest BCUT2D eigenvalue weighted by molar-refractivity contribution is 0.413. The molecule has 0 radical (unpaired) electrons. The van der Waals surface area contributed by atoms with E-state index < -0.39 is 0 Å². The summed E-state index contributed by atoms with van der Waals surface area (Å²) in [4.78, 5) is 0. The Kier molecular flexibility index (Phi) is 5.04. The van der Waals surface area contributed by atoms with Crippen LogP contribution in [0.15, 0.2) is 46.9 Å². The van der Waals surface area contributed by atoms with Crippen LogP contribution in [0.5, 0.6) is 11.5 Å². The second kappa shape index (κ2) is 6.77. The maximum absolute atomic E-state index is 5.31. The second-order valence-electron chi connectivity index (χ2n) is 4.38. The quantitative estimate of drug-likeness (QED) is 0.902. The first-order valence-electron chi connectivity index (χ1n) is 6.34. The van der Waals surface area contributed by atoms with Crippen LogP contribution in [0.4, 0.5) is 0 Å². The van der Waals surface area contributed by atoms with Crippen molar-refractivity contribution in [2.45, 2.75) is 6.04 Å². The molecule has 0 heterocycles. The van der Waals surface area contributed by atoms with Crippen LogP contribution in [0.2, 0.25) is 0 Å². The molecule has 20 heavy (non-hydrogen) atoms. The van der Waals surface area contributed by atoms with Gasteiger partial charge in [-0.15, -0.1) is 0 Å². The van der Waals surface area contributed by atoms with Gasteiger partial charge in [0.1, 0.15) is 11.5 Å². The summed E-state index contributed by atoms with van der Waals surface area (Å²) >= 11 is 3.61. The number of rotatable bonds is 5. The normalized spacial score (nSPS) is 12.0. The molecule has 1 atom stereocenters. The fourth-order valence-corrected chi connectivity index (χ4v) is 2.64. The summed E-state index contributed by atoms with van der Waals surface area (Å²) < 4.78 is 11.6. The highest BCUT2D eigenvalue weighted by molar-refractivity contribution is 9.10. The number of hydrogen-bond donors (Lipinski definition) is 1. The molecule has 0 aliphatic heterocycles. The number of benzene rings is 2. The maximum Gasteiger partial charge on any atom is 0.119 e. The minimum atomic E-state index is 0.0883. The van der Waals surface area contributed by atoms with Crippen LogP contribution in [0, 0.1) is 0 Å². The predicted octanol–water partition coefficient (Wildman–Crippen LogP) is 3.78. The van der Waals surface area contributed by atoms with E-state index in [9.17, 15) is 0 Å². The molecular formula is C16H18BrNO2. The van der Waals surface area contributed by atoms with E-state index in [4.69, 9.17) is 9.47 Å². The minimum Gasteiger partial charge on any atom is -0.497 e. The van der Waals surface area contributed by atoms with Crippen molar-refractivity contribution in [3.63, 3.8) is 0 Å². The van der Waals surface area contributed by atoms with Crippen LogP contribution >= 0.6 is 15.9 Å². The summed E-state index contributed by atoms with van der Waals surface area (Å²) in [6, 6.07) is 14.1. The molecule has 0 aromatic heterocycles. The summed E-state index contributed by atoms with van der Waals surface area (Å²) in [6.45, 7) is 0. The third-order valence-corrected chi connectivity index (χ3v) is 3.97. The Morgan fingerprint density at radius 2 is 1.55 bits per heavy atom. The van der Waals surface area contributed by atoms with E-state index in [1.807, 2.05) is 37.4 Å². The molecule has 1 unspecified atom stereocenters. The fraction of sp³-hybridized carbons (Fsp3) is 0.250. The predicted molar refractivity (Wildman–Crippen MR) is 84.6 cm³/mol. The lowest BCUT2D eigenvalue weighted by Gasteiger charge is -2.19. The van der Waals surface area contributed by atoms with Crippen molar-refractivity contribution in [2.75, 3.05) is 21.3 Å². The zero-order valence-electron chi connectivity index (χ0n) is 11.8. The molecule has 0 aliphatic carbocycles. The zero-order chi connectivity index (χ0) is 14.5. The van der Waals surface area contributed by atoms with Gasteiger partial charge in [-0.1, -0.05) is 28.1 Å².